The van der Waals surface area contributed by atoms with Crippen molar-refractivity contribution in [3.63, 3.8) is 0 Å². The van der Waals surface area contributed by atoms with Crippen LogP contribution in [0.2, 0.25) is 0 Å². The normalized spacial score (nSPS) is 20.1. The van der Waals surface area contributed by atoms with Gasteiger partial charge in [-0.3, -0.25) is 25.2 Å². The number of fused-ring (bicyclic) bond motifs is 8. The van der Waals surface area contributed by atoms with E-state index >= 15 is 0 Å². The van der Waals surface area contributed by atoms with Crippen LogP contribution in [0, 0.1) is 0 Å². The van der Waals surface area contributed by atoms with Crippen molar-refractivity contribution in [3.8, 4) is 0 Å². The van der Waals surface area contributed by atoms with Crippen LogP contribution in [0.15, 0.2) is 73.1 Å². The molecule has 278 valence electrons. The number of anilines is 6. The summed E-state index contributed by atoms with van der Waals surface area (Å²) in [6.07, 6.45) is 4.41. The highest BCUT2D eigenvalue weighted by Gasteiger charge is 2.44. The maximum absolute atomic E-state index is 13.5. The number of amides is 5. The lowest BCUT2D eigenvalue weighted by Gasteiger charge is -2.35. The summed E-state index contributed by atoms with van der Waals surface area (Å²) in [6.45, 7) is 2.37. The molecule has 2 atom stereocenters. The first-order valence-corrected chi connectivity index (χ1v) is 17.5. The molecule has 0 radical (unpaired) electrons. The number of halogens is 2. The highest BCUT2D eigenvalue weighted by molar-refractivity contribution is 6.06. The van der Waals surface area contributed by atoms with Crippen LogP contribution in [0.25, 0.3) is 0 Å². The van der Waals surface area contributed by atoms with E-state index in [4.69, 9.17) is 0 Å². The third kappa shape index (κ3) is 6.65. The molecule has 54 heavy (non-hydrogen) atoms. The van der Waals surface area contributed by atoms with Crippen molar-refractivity contribution in [2.75, 3.05) is 69.5 Å². The van der Waals surface area contributed by atoms with Crippen molar-refractivity contribution in [1.29, 1.82) is 0 Å². The maximum Gasteiger partial charge on any atom is 0.354 e. The third-order valence-electron chi connectivity index (χ3n) is 10.0. The molecule has 0 spiro atoms. The number of likely N-dealkylation sites (tertiary alicyclic amines) is 1. The van der Waals surface area contributed by atoms with Crippen LogP contribution in [0.3, 0.4) is 0 Å². The molecule has 5 amide bonds. The molecule has 5 aliphatic rings. The number of carbonyl (C=O) groups is 4. The number of urea groups is 2. The van der Waals surface area contributed by atoms with Gasteiger partial charge in [-0.25, -0.2) is 43.1 Å². The zero-order valence-corrected chi connectivity index (χ0v) is 28.8. The van der Waals surface area contributed by atoms with Crippen molar-refractivity contribution in [3.05, 3.63) is 84.4 Å². The van der Waals surface area contributed by atoms with Gasteiger partial charge in [0.05, 0.1) is 30.0 Å². The minimum absolute atomic E-state index is 0.0107. The highest BCUT2D eigenvalue weighted by Crippen LogP contribution is 2.41. The molecule has 4 aromatic rings. The van der Waals surface area contributed by atoms with Gasteiger partial charge in [-0.2, -0.15) is 0 Å². The van der Waals surface area contributed by atoms with Gasteiger partial charge in [0.25, 0.3) is 11.8 Å². The van der Waals surface area contributed by atoms with Crippen molar-refractivity contribution < 1.29 is 33.1 Å². The van der Waals surface area contributed by atoms with Gasteiger partial charge in [0.2, 0.25) is 0 Å². The van der Waals surface area contributed by atoms with E-state index in [1.54, 1.807) is 76.8 Å². The molecule has 5 aliphatic heterocycles. The van der Waals surface area contributed by atoms with Gasteiger partial charge in [-0.05, 0) is 61.4 Å². The summed E-state index contributed by atoms with van der Waals surface area (Å²) in [6, 6.07) is 16.1. The van der Waals surface area contributed by atoms with Crippen LogP contribution in [-0.2, 0) is 0 Å². The van der Waals surface area contributed by atoms with Crippen LogP contribution < -0.4 is 30.2 Å². The molecule has 0 aliphatic carbocycles. The molecule has 18 heteroatoms. The number of hydrogen-bond donors (Lipinski definition) is 3. The number of carboxylic acids is 1. The molecular weight excluding hydrogens is 704 g/mol. The van der Waals surface area contributed by atoms with Gasteiger partial charge in [0.1, 0.15) is 17.3 Å². The first-order chi connectivity index (χ1) is 26.0. The summed E-state index contributed by atoms with van der Waals surface area (Å²) >= 11 is 0. The predicted octanol–water partition coefficient (Wildman–Crippen LogP) is 4.39. The minimum atomic E-state index is -2.87. The van der Waals surface area contributed by atoms with Crippen LogP contribution in [-0.4, -0.2) is 111 Å². The Balaban J connectivity index is 0.000000157. The smallest absolute Gasteiger partial charge is 0.354 e. The Morgan fingerprint density at radius 1 is 0.704 bits per heavy atom. The molecule has 16 nitrogen and oxygen atoms in total. The van der Waals surface area contributed by atoms with Gasteiger partial charge < -0.3 is 19.8 Å². The number of nitrogens with zero attached hydrogens (tertiary/aromatic N) is 9. The van der Waals surface area contributed by atoms with Gasteiger partial charge in [0, 0.05) is 51.5 Å². The van der Waals surface area contributed by atoms with Crippen LogP contribution in [0.1, 0.15) is 40.2 Å². The van der Waals surface area contributed by atoms with Crippen LogP contribution >= 0.6 is 0 Å². The molecule has 3 N–H and O–H groups in total. The molecular formula is C36H35F2N11O5. The topological polar surface area (TPSA) is 180 Å². The Hall–Kier alpha value is -6.46. The maximum atomic E-state index is 13.5. The Morgan fingerprint density at radius 2 is 1.22 bits per heavy atom. The first kappa shape index (κ1) is 34.6. The zero-order chi connectivity index (χ0) is 37.6. The average molecular weight is 740 g/mol. The summed E-state index contributed by atoms with van der Waals surface area (Å²) in [4.78, 5) is 75.2. The molecule has 4 aromatic heterocycles. The van der Waals surface area contributed by atoms with Crippen molar-refractivity contribution in [1.82, 2.24) is 24.8 Å². The Morgan fingerprint density at radius 3 is 1.69 bits per heavy atom. The lowest BCUT2D eigenvalue weighted by atomic mass is 10.1. The van der Waals surface area contributed by atoms with E-state index < -0.39 is 24.3 Å². The number of carbonyl (C=O) groups excluding carboxylic acids is 3. The summed E-state index contributed by atoms with van der Waals surface area (Å²) in [5, 5.41) is 14.7. The van der Waals surface area contributed by atoms with Crippen molar-refractivity contribution in [2.24, 2.45) is 0 Å². The minimum Gasteiger partial charge on any atom is -0.477 e. The fraction of sp³-hybridized carbons (Fsp3) is 0.333. The first-order valence-electron chi connectivity index (χ1n) is 17.5. The fourth-order valence-electron chi connectivity index (χ4n) is 7.47. The Bertz CT molecular complexity index is 2110. The summed E-state index contributed by atoms with van der Waals surface area (Å²) in [5.41, 5.74) is 1.52. The second kappa shape index (κ2) is 13.8. The van der Waals surface area contributed by atoms with Gasteiger partial charge in [0.15, 0.2) is 17.3 Å². The number of nitrogens with one attached hydrogen (secondary N) is 2. The van der Waals surface area contributed by atoms with Crippen molar-refractivity contribution >= 4 is 58.6 Å². The zero-order valence-electron chi connectivity index (χ0n) is 28.8. The number of pyridine rings is 4. The lowest BCUT2D eigenvalue weighted by Crippen LogP contribution is -2.48. The Kier molecular flexibility index (Phi) is 8.87. The molecule has 3 saturated heterocycles. The third-order valence-corrected chi connectivity index (χ3v) is 10.0. The lowest BCUT2D eigenvalue weighted by molar-refractivity contribution is 0.0119. The molecule has 0 aromatic carbocycles. The summed E-state index contributed by atoms with van der Waals surface area (Å²) in [5.74, 6) is -2.92. The van der Waals surface area contributed by atoms with E-state index in [-0.39, 0.29) is 48.5 Å². The molecule has 9 rings (SSSR count). The number of alkyl halides is 2. The quantitative estimate of drug-likeness (QED) is 0.270. The molecule has 0 unspecified atom stereocenters. The molecule has 4 bridgehead atoms. The standard InChI is InChI=1S/C20H20F2N6O2.C16H15N5O3/c21-20(22)7-10-27(12-20)18(29)14-4-5-15-17(24-14)28(13-6-9-26(15)11-13)19(30)25-16-3-1-2-8-23-16;22-15(23)11-4-5-12-14(18-11)21(10-6-8-20(12)9-10)16(24)19-13-3-1-2-7-17-13/h1-5,8,13H,6-7,9-12H2,(H,23,25,30);1-5,7,10H,6,8-9H2,(H,22,23)(H,17,19,24)/t13-;10-/m00/s1. The second-order valence-corrected chi connectivity index (χ2v) is 13.5. The van der Waals surface area contributed by atoms with Crippen molar-refractivity contribution in [2.45, 2.75) is 37.3 Å². The molecule has 9 heterocycles. The SMILES string of the molecule is O=C(O)c1ccc2c(n1)N(C(=O)Nc1ccccn1)[C@H]1CCN2C1.O=C(c1ccc2c(n1)N(C(=O)Nc1ccccn1)[C@H]1CCN2C1)N1CCC(F)(F)C1. The van der Waals surface area contributed by atoms with E-state index in [0.717, 1.165) is 48.8 Å². The Labute approximate surface area is 307 Å². The van der Waals surface area contributed by atoms with Gasteiger partial charge >= 0.3 is 18.0 Å². The van der Waals surface area contributed by atoms with E-state index in [1.165, 1.54) is 6.07 Å². The number of aromatic nitrogens is 4. The molecule has 0 saturated carbocycles. The van der Waals surface area contributed by atoms with Crippen LogP contribution in [0.4, 0.5) is 53.0 Å². The predicted molar refractivity (Wildman–Crippen MR) is 194 cm³/mol. The van der Waals surface area contributed by atoms with E-state index in [0.29, 0.717) is 29.8 Å². The monoisotopic (exact) mass is 739 g/mol. The van der Waals surface area contributed by atoms with Gasteiger partial charge in [-0.15, -0.1) is 0 Å². The summed E-state index contributed by atoms with van der Waals surface area (Å²) in [7, 11) is 0. The number of rotatable bonds is 4. The van der Waals surface area contributed by atoms with E-state index in [2.05, 4.69) is 40.4 Å². The van der Waals surface area contributed by atoms with Gasteiger partial charge in [-0.1, -0.05) is 12.1 Å². The molecule has 3 fully saturated rings. The van der Waals surface area contributed by atoms with E-state index in [1.807, 2.05) is 0 Å². The second-order valence-electron chi connectivity index (χ2n) is 13.5. The highest BCUT2D eigenvalue weighted by atomic mass is 19.3. The van der Waals surface area contributed by atoms with Crippen LogP contribution in [0.5, 0.6) is 0 Å². The number of hydrogen-bond acceptors (Lipinski definition) is 10. The fourth-order valence-corrected chi connectivity index (χ4v) is 7.47. The van der Waals surface area contributed by atoms with E-state index in [9.17, 15) is 33.1 Å². The number of carboxylic acid groups (broad SMARTS) is 1. The largest absolute Gasteiger partial charge is 0.477 e. The average Bonchev–Trinajstić information content (AvgIpc) is 3.89. The number of aromatic carboxylic acids is 1. The summed E-state index contributed by atoms with van der Waals surface area (Å²) < 4.78 is 27.1.